The van der Waals surface area contributed by atoms with Crippen molar-refractivity contribution < 1.29 is 4.42 Å². The molecule has 2 rings (SSSR count). The van der Waals surface area contributed by atoms with Crippen LogP contribution in [-0.4, -0.2) is 24.0 Å². The third-order valence-corrected chi connectivity index (χ3v) is 4.68. The van der Waals surface area contributed by atoms with Crippen LogP contribution in [-0.2, 0) is 6.54 Å². The lowest BCUT2D eigenvalue weighted by Crippen LogP contribution is -2.40. The van der Waals surface area contributed by atoms with Gasteiger partial charge >= 0.3 is 0 Å². The molecule has 0 aliphatic heterocycles. The Balaban J connectivity index is 1.96. The third-order valence-electron chi connectivity index (χ3n) is 4.68. The van der Waals surface area contributed by atoms with Crippen LogP contribution in [0, 0.1) is 11.8 Å². The lowest BCUT2D eigenvalue weighted by atomic mass is 9.78. The predicted octanol–water partition coefficient (Wildman–Crippen LogP) is 3.26. The van der Waals surface area contributed by atoms with Crippen LogP contribution >= 0.6 is 0 Å². The van der Waals surface area contributed by atoms with Gasteiger partial charge in [0.25, 0.3) is 0 Å². The fraction of sp³-hybridized carbons (Fsp3) is 0.750. The van der Waals surface area contributed by atoms with Crippen molar-refractivity contribution in [1.29, 1.82) is 0 Å². The predicted molar refractivity (Wildman–Crippen MR) is 78.8 cm³/mol. The van der Waals surface area contributed by atoms with Gasteiger partial charge in [0.05, 0.1) is 12.8 Å². The number of nitrogens with zero attached hydrogens (tertiary/aromatic N) is 1. The van der Waals surface area contributed by atoms with Crippen LogP contribution in [0.4, 0.5) is 0 Å². The van der Waals surface area contributed by atoms with Gasteiger partial charge in [-0.3, -0.25) is 4.90 Å². The monoisotopic (exact) mass is 264 g/mol. The van der Waals surface area contributed by atoms with Crippen molar-refractivity contribution in [2.24, 2.45) is 17.6 Å². The molecule has 3 nitrogen and oxygen atoms in total. The van der Waals surface area contributed by atoms with E-state index in [1.807, 2.05) is 6.07 Å². The molecular formula is C16H28N2O. The first-order valence-electron chi connectivity index (χ1n) is 7.67. The Morgan fingerprint density at radius 2 is 2.16 bits per heavy atom. The first-order chi connectivity index (χ1) is 9.20. The summed E-state index contributed by atoms with van der Waals surface area (Å²) in [6.45, 7) is 7.57. The van der Waals surface area contributed by atoms with E-state index < -0.39 is 0 Å². The van der Waals surface area contributed by atoms with Crippen molar-refractivity contribution in [3.63, 3.8) is 0 Å². The highest BCUT2D eigenvalue weighted by Gasteiger charge is 2.28. The Hall–Kier alpha value is -0.800. The lowest BCUT2D eigenvalue weighted by Gasteiger charge is -2.39. The van der Waals surface area contributed by atoms with Crippen LogP contribution in [0.3, 0.4) is 0 Å². The van der Waals surface area contributed by atoms with Gasteiger partial charge in [-0.15, -0.1) is 0 Å². The SMILES string of the molecule is C[C@@H]1CC[C@@H](N(CCCN)Cc2ccco2)C[C@@H]1C. The first-order valence-corrected chi connectivity index (χ1v) is 7.67. The summed E-state index contributed by atoms with van der Waals surface area (Å²) in [5.41, 5.74) is 5.68. The third kappa shape index (κ3) is 4.08. The van der Waals surface area contributed by atoms with Crippen LogP contribution in [0.2, 0.25) is 0 Å². The second-order valence-electron chi connectivity index (χ2n) is 6.11. The minimum Gasteiger partial charge on any atom is -0.468 e. The molecule has 3 atom stereocenters. The summed E-state index contributed by atoms with van der Waals surface area (Å²) in [6, 6.07) is 4.75. The zero-order valence-corrected chi connectivity index (χ0v) is 12.3. The van der Waals surface area contributed by atoms with Gasteiger partial charge in [-0.05, 0) is 56.2 Å². The van der Waals surface area contributed by atoms with Crippen molar-refractivity contribution in [1.82, 2.24) is 4.90 Å². The number of rotatable bonds is 6. The van der Waals surface area contributed by atoms with Gasteiger partial charge in [0.2, 0.25) is 0 Å². The molecule has 1 heterocycles. The maximum absolute atomic E-state index is 5.68. The van der Waals surface area contributed by atoms with Crippen molar-refractivity contribution in [2.75, 3.05) is 13.1 Å². The fourth-order valence-corrected chi connectivity index (χ4v) is 3.14. The Labute approximate surface area is 117 Å². The smallest absolute Gasteiger partial charge is 0.117 e. The highest BCUT2D eigenvalue weighted by molar-refractivity contribution is 4.98. The van der Waals surface area contributed by atoms with E-state index >= 15 is 0 Å². The molecule has 0 unspecified atom stereocenters. The van der Waals surface area contributed by atoms with E-state index in [1.54, 1.807) is 6.26 Å². The van der Waals surface area contributed by atoms with Crippen LogP contribution < -0.4 is 5.73 Å². The molecule has 0 aromatic carbocycles. The second kappa shape index (κ2) is 7.11. The van der Waals surface area contributed by atoms with E-state index in [0.717, 1.165) is 43.7 Å². The molecule has 1 aromatic rings. The molecule has 0 spiro atoms. The molecule has 0 amide bonds. The zero-order valence-electron chi connectivity index (χ0n) is 12.3. The first kappa shape index (κ1) is 14.6. The summed E-state index contributed by atoms with van der Waals surface area (Å²) in [4.78, 5) is 2.58. The minimum absolute atomic E-state index is 0.697. The van der Waals surface area contributed by atoms with Gasteiger partial charge in [0.15, 0.2) is 0 Å². The number of hydrogen-bond donors (Lipinski definition) is 1. The van der Waals surface area contributed by atoms with E-state index in [-0.39, 0.29) is 0 Å². The highest BCUT2D eigenvalue weighted by atomic mass is 16.3. The molecule has 0 bridgehead atoms. The Morgan fingerprint density at radius 1 is 1.32 bits per heavy atom. The molecule has 1 aromatic heterocycles. The lowest BCUT2D eigenvalue weighted by molar-refractivity contribution is 0.0957. The fourth-order valence-electron chi connectivity index (χ4n) is 3.14. The molecule has 3 heteroatoms. The van der Waals surface area contributed by atoms with Gasteiger partial charge < -0.3 is 10.2 Å². The molecule has 0 saturated heterocycles. The standard InChI is InChI=1S/C16H28N2O/c1-13-6-7-15(11-14(13)2)18(9-4-8-17)12-16-5-3-10-19-16/h3,5,10,13-15H,4,6-9,11-12,17H2,1-2H3/t13-,14+,15-/m1/s1. The average molecular weight is 264 g/mol. The van der Waals surface area contributed by atoms with Gasteiger partial charge in [-0.2, -0.15) is 0 Å². The molecule has 108 valence electrons. The van der Waals surface area contributed by atoms with Gasteiger partial charge in [0, 0.05) is 12.6 Å². The van der Waals surface area contributed by atoms with Crippen LogP contribution in [0.1, 0.15) is 45.3 Å². The average Bonchev–Trinajstić information content (AvgIpc) is 2.91. The van der Waals surface area contributed by atoms with Gasteiger partial charge in [-0.25, -0.2) is 0 Å². The topological polar surface area (TPSA) is 42.4 Å². The van der Waals surface area contributed by atoms with Crippen molar-refractivity contribution in [2.45, 2.75) is 52.1 Å². The Kier molecular flexibility index (Phi) is 5.46. The normalized spacial score (nSPS) is 27.9. The van der Waals surface area contributed by atoms with Gasteiger partial charge in [0.1, 0.15) is 5.76 Å². The molecular weight excluding hydrogens is 236 g/mol. The summed E-state index contributed by atoms with van der Waals surface area (Å²) in [5.74, 6) is 2.77. The quantitative estimate of drug-likeness (QED) is 0.857. The molecule has 1 aliphatic rings. The molecule has 2 N–H and O–H groups in total. The maximum atomic E-state index is 5.68. The van der Waals surface area contributed by atoms with Crippen molar-refractivity contribution in [3.8, 4) is 0 Å². The van der Waals surface area contributed by atoms with Crippen LogP contribution in [0.25, 0.3) is 0 Å². The van der Waals surface area contributed by atoms with Crippen molar-refractivity contribution in [3.05, 3.63) is 24.2 Å². The number of nitrogens with two attached hydrogens (primary N) is 1. The van der Waals surface area contributed by atoms with Crippen molar-refractivity contribution >= 4 is 0 Å². The molecule has 1 fully saturated rings. The minimum atomic E-state index is 0.697. The molecule has 0 radical (unpaired) electrons. The van der Waals surface area contributed by atoms with E-state index in [4.69, 9.17) is 10.2 Å². The van der Waals surface area contributed by atoms with E-state index in [0.29, 0.717) is 6.04 Å². The summed E-state index contributed by atoms with van der Waals surface area (Å²) in [5, 5.41) is 0. The van der Waals surface area contributed by atoms with Crippen LogP contribution in [0.5, 0.6) is 0 Å². The summed E-state index contributed by atoms with van der Waals surface area (Å²) in [7, 11) is 0. The summed E-state index contributed by atoms with van der Waals surface area (Å²) in [6.07, 6.45) is 6.81. The second-order valence-corrected chi connectivity index (χ2v) is 6.11. The van der Waals surface area contributed by atoms with E-state index in [9.17, 15) is 0 Å². The molecule has 19 heavy (non-hydrogen) atoms. The van der Waals surface area contributed by atoms with Crippen LogP contribution in [0.15, 0.2) is 22.8 Å². The van der Waals surface area contributed by atoms with Gasteiger partial charge in [-0.1, -0.05) is 13.8 Å². The highest BCUT2D eigenvalue weighted by Crippen LogP contribution is 2.32. The number of hydrogen-bond acceptors (Lipinski definition) is 3. The maximum Gasteiger partial charge on any atom is 0.117 e. The van der Waals surface area contributed by atoms with E-state index in [2.05, 4.69) is 24.8 Å². The summed E-state index contributed by atoms with van der Waals surface area (Å²) >= 11 is 0. The largest absolute Gasteiger partial charge is 0.468 e. The zero-order chi connectivity index (χ0) is 13.7. The Bertz CT molecular complexity index is 350. The summed E-state index contributed by atoms with van der Waals surface area (Å²) < 4.78 is 5.51. The van der Waals surface area contributed by atoms with E-state index in [1.165, 1.54) is 19.3 Å². The number of furan rings is 1. The molecule has 1 saturated carbocycles. The molecule has 1 aliphatic carbocycles. The Morgan fingerprint density at radius 3 is 2.79 bits per heavy atom.